The lowest BCUT2D eigenvalue weighted by Gasteiger charge is -2.19. The number of hydrogen-bond acceptors (Lipinski definition) is 3. The van der Waals surface area contributed by atoms with Crippen molar-refractivity contribution in [2.75, 3.05) is 13.2 Å². The summed E-state index contributed by atoms with van der Waals surface area (Å²) in [6.45, 7) is 6.09. The van der Waals surface area contributed by atoms with Gasteiger partial charge in [-0.05, 0) is 43.4 Å². The molecule has 0 aromatic heterocycles. The van der Waals surface area contributed by atoms with Gasteiger partial charge in [-0.25, -0.2) is 0 Å². The van der Waals surface area contributed by atoms with Gasteiger partial charge in [0.1, 0.15) is 0 Å². The van der Waals surface area contributed by atoms with Gasteiger partial charge in [-0.3, -0.25) is 0 Å². The van der Waals surface area contributed by atoms with Crippen LogP contribution in [0.3, 0.4) is 0 Å². The van der Waals surface area contributed by atoms with E-state index in [0.717, 1.165) is 37.0 Å². The van der Waals surface area contributed by atoms with Crippen molar-refractivity contribution in [1.29, 1.82) is 0 Å². The third-order valence-corrected chi connectivity index (χ3v) is 5.58. The highest BCUT2D eigenvalue weighted by atomic mass is 16.7. The van der Waals surface area contributed by atoms with Crippen molar-refractivity contribution in [1.82, 2.24) is 0 Å². The molecule has 3 heteroatoms. The molecule has 1 N–H and O–H groups in total. The van der Waals surface area contributed by atoms with Gasteiger partial charge in [-0.2, -0.15) is 0 Å². The SMILES string of the molecule is CCC1CC(CC)C(CCCC(O)CCC2OCCO2)C1. The second-order valence-corrected chi connectivity index (χ2v) is 7.01. The van der Waals surface area contributed by atoms with E-state index in [1.807, 2.05) is 0 Å². The lowest BCUT2D eigenvalue weighted by Crippen LogP contribution is -2.14. The average Bonchev–Trinajstić information content (AvgIpc) is 3.14. The molecule has 1 saturated carbocycles. The van der Waals surface area contributed by atoms with E-state index in [1.165, 1.54) is 38.5 Å². The first-order valence-corrected chi connectivity index (χ1v) is 9.14. The van der Waals surface area contributed by atoms with E-state index in [4.69, 9.17) is 9.47 Å². The number of ether oxygens (including phenoxy) is 2. The molecular formula is C18H34O3. The standard InChI is InChI=1S/C18H34O3/c1-3-14-12-15(4-2)16(13-14)6-5-7-17(19)8-9-18-20-10-11-21-18/h14-19H,3-13H2,1-2H3. The van der Waals surface area contributed by atoms with Crippen LogP contribution in [0.15, 0.2) is 0 Å². The highest BCUT2D eigenvalue weighted by Gasteiger charge is 2.31. The van der Waals surface area contributed by atoms with Gasteiger partial charge in [0.15, 0.2) is 6.29 Å². The van der Waals surface area contributed by atoms with E-state index in [2.05, 4.69) is 13.8 Å². The summed E-state index contributed by atoms with van der Waals surface area (Å²) in [5.41, 5.74) is 0. The smallest absolute Gasteiger partial charge is 0.157 e. The molecule has 124 valence electrons. The molecule has 2 fully saturated rings. The van der Waals surface area contributed by atoms with Gasteiger partial charge in [0.2, 0.25) is 0 Å². The van der Waals surface area contributed by atoms with Crippen molar-refractivity contribution in [3.05, 3.63) is 0 Å². The molecule has 0 aromatic rings. The van der Waals surface area contributed by atoms with Crippen LogP contribution in [0.5, 0.6) is 0 Å². The van der Waals surface area contributed by atoms with E-state index in [1.54, 1.807) is 0 Å². The van der Waals surface area contributed by atoms with Crippen molar-refractivity contribution in [2.24, 2.45) is 17.8 Å². The first kappa shape index (κ1) is 17.2. The molecular weight excluding hydrogens is 264 g/mol. The molecule has 1 aliphatic heterocycles. The summed E-state index contributed by atoms with van der Waals surface area (Å²) in [5.74, 6) is 2.81. The van der Waals surface area contributed by atoms with Crippen LogP contribution in [0.2, 0.25) is 0 Å². The molecule has 1 saturated heterocycles. The molecule has 4 unspecified atom stereocenters. The van der Waals surface area contributed by atoms with Gasteiger partial charge < -0.3 is 14.6 Å². The molecule has 0 spiro atoms. The van der Waals surface area contributed by atoms with E-state index in [0.29, 0.717) is 13.2 Å². The fourth-order valence-electron chi connectivity index (χ4n) is 4.19. The Labute approximate surface area is 130 Å². The van der Waals surface area contributed by atoms with Crippen LogP contribution in [-0.4, -0.2) is 30.7 Å². The van der Waals surface area contributed by atoms with Crippen molar-refractivity contribution in [2.45, 2.75) is 84.0 Å². The molecule has 2 rings (SSSR count). The van der Waals surface area contributed by atoms with Crippen molar-refractivity contribution in [3.8, 4) is 0 Å². The Balaban J connectivity index is 1.57. The average molecular weight is 298 g/mol. The monoisotopic (exact) mass is 298 g/mol. The van der Waals surface area contributed by atoms with Gasteiger partial charge in [-0.1, -0.05) is 39.5 Å². The first-order valence-electron chi connectivity index (χ1n) is 9.14. The Hall–Kier alpha value is -0.120. The summed E-state index contributed by atoms with van der Waals surface area (Å²) in [6, 6.07) is 0. The maximum Gasteiger partial charge on any atom is 0.157 e. The molecule has 0 radical (unpaired) electrons. The summed E-state index contributed by atoms with van der Waals surface area (Å²) in [7, 11) is 0. The molecule has 3 nitrogen and oxygen atoms in total. The summed E-state index contributed by atoms with van der Waals surface area (Å²) >= 11 is 0. The zero-order valence-corrected chi connectivity index (χ0v) is 13.9. The molecule has 0 bridgehead atoms. The Bertz CT molecular complexity index is 276. The third kappa shape index (κ3) is 5.54. The topological polar surface area (TPSA) is 38.7 Å². The Kier molecular flexibility index (Phi) is 7.48. The Morgan fingerprint density at radius 1 is 0.952 bits per heavy atom. The minimum absolute atomic E-state index is 0.0655. The van der Waals surface area contributed by atoms with Crippen LogP contribution in [0.25, 0.3) is 0 Å². The fourth-order valence-corrected chi connectivity index (χ4v) is 4.19. The van der Waals surface area contributed by atoms with Crippen molar-refractivity contribution in [3.63, 3.8) is 0 Å². The fraction of sp³-hybridized carbons (Fsp3) is 1.00. The summed E-state index contributed by atoms with van der Waals surface area (Å²) < 4.78 is 10.8. The quantitative estimate of drug-likeness (QED) is 0.695. The summed E-state index contributed by atoms with van der Waals surface area (Å²) in [4.78, 5) is 0. The van der Waals surface area contributed by atoms with Crippen LogP contribution < -0.4 is 0 Å². The molecule has 21 heavy (non-hydrogen) atoms. The zero-order chi connectivity index (χ0) is 15.1. The van der Waals surface area contributed by atoms with E-state index in [9.17, 15) is 5.11 Å². The lowest BCUT2D eigenvalue weighted by atomic mass is 9.88. The number of aliphatic hydroxyl groups excluding tert-OH is 1. The number of rotatable bonds is 9. The zero-order valence-electron chi connectivity index (χ0n) is 13.9. The van der Waals surface area contributed by atoms with E-state index in [-0.39, 0.29) is 12.4 Å². The Morgan fingerprint density at radius 3 is 2.33 bits per heavy atom. The molecule has 0 aromatic carbocycles. The van der Waals surface area contributed by atoms with Crippen LogP contribution in [0.4, 0.5) is 0 Å². The van der Waals surface area contributed by atoms with Crippen molar-refractivity contribution < 1.29 is 14.6 Å². The predicted molar refractivity (Wildman–Crippen MR) is 85.1 cm³/mol. The molecule has 4 atom stereocenters. The highest BCUT2D eigenvalue weighted by molar-refractivity contribution is 4.82. The van der Waals surface area contributed by atoms with Crippen LogP contribution in [0.1, 0.15) is 71.6 Å². The first-order chi connectivity index (χ1) is 10.2. The highest BCUT2D eigenvalue weighted by Crippen LogP contribution is 2.42. The molecule has 2 aliphatic rings. The second-order valence-electron chi connectivity index (χ2n) is 7.01. The van der Waals surface area contributed by atoms with E-state index >= 15 is 0 Å². The largest absolute Gasteiger partial charge is 0.393 e. The molecule has 1 aliphatic carbocycles. The molecule has 0 amide bonds. The second kappa shape index (κ2) is 9.12. The van der Waals surface area contributed by atoms with E-state index < -0.39 is 0 Å². The predicted octanol–water partition coefficient (Wildman–Crippen LogP) is 4.13. The summed E-state index contributed by atoms with van der Waals surface area (Å²) in [5, 5.41) is 10.1. The van der Waals surface area contributed by atoms with Gasteiger partial charge in [0, 0.05) is 6.42 Å². The van der Waals surface area contributed by atoms with Gasteiger partial charge >= 0.3 is 0 Å². The lowest BCUT2D eigenvalue weighted by molar-refractivity contribution is -0.0544. The van der Waals surface area contributed by atoms with Gasteiger partial charge in [0.05, 0.1) is 19.3 Å². The number of aliphatic hydroxyl groups is 1. The summed E-state index contributed by atoms with van der Waals surface area (Å²) in [6.07, 6.45) is 10.4. The minimum atomic E-state index is -0.179. The number of hydrogen-bond donors (Lipinski definition) is 1. The maximum atomic E-state index is 10.1. The third-order valence-electron chi connectivity index (χ3n) is 5.58. The minimum Gasteiger partial charge on any atom is -0.393 e. The maximum absolute atomic E-state index is 10.1. The van der Waals surface area contributed by atoms with Crippen LogP contribution in [0, 0.1) is 17.8 Å². The molecule has 1 heterocycles. The normalized spacial score (nSPS) is 31.9. The van der Waals surface area contributed by atoms with Crippen LogP contribution >= 0.6 is 0 Å². The Morgan fingerprint density at radius 2 is 1.67 bits per heavy atom. The van der Waals surface area contributed by atoms with Gasteiger partial charge in [0.25, 0.3) is 0 Å². The van der Waals surface area contributed by atoms with Crippen molar-refractivity contribution >= 4 is 0 Å². The van der Waals surface area contributed by atoms with Crippen LogP contribution in [-0.2, 0) is 9.47 Å². The van der Waals surface area contributed by atoms with Gasteiger partial charge in [-0.15, -0.1) is 0 Å².